The SMILES string of the molecule is C[CH]OCCCC/C=C/C. The fourth-order valence-corrected chi connectivity index (χ4v) is 0.732. The summed E-state index contributed by atoms with van der Waals surface area (Å²) in [4.78, 5) is 0. The van der Waals surface area contributed by atoms with Gasteiger partial charge in [-0.15, -0.1) is 0 Å². The van der Waals surface area contributed by atoms with Gasteiger partial charge in [-0.05, 0) is 33.1 Å². The van der Waals surface area contributed by atoms with Crippen LogP contribution < -0.4 is 0 Å². The molecule has 0 aromatic carbocycles. The molecule has 0 unspecified atom stereocenters. The van der Waals surface area contributed by atoms with Crippen molar-refractivity contribution in [2.75, 3.05) is 6.61 Å². The standard InChI is InChI=1S/C9H17O/c1-3-5-6-7-8-9-10-4-2/h3-5H,6-9H2,1-2H3/b5-3+. The van der Waals surface area contributed by atoms with Crippen molar-refractivity contribution in [1.82, 2.24) is 0 Å². The quantitative estimate of drug-likeness (QED) is 0.408. The zero-order valence-corrected chi connectivity index (χ0v) is 6.97. The summed E-state index contributed by atoms with van der Waals surface area (Å²) in [5, 5.41) is 0. The number of ether oxygens (including phenoxy) is 1. The molecule has 0 aliphatic carbocycles. The first-order valence-corrected chi connectivity index (χ1v) is 3.92. The number of rotatable bonds is 6. The van der Waals surface area contributed by atoms with E-state index in [1.54, 1.807) is 6.61 Å². The molecule has 1 radical (unpaired) electrons. The van der Waals surface area contributed by atoms with Crippen LogP contribution >= 0.6 is 0 Å². The van der Waals surface area contributed by atoms with Gasteiger partial charge in [-0.25, -0.2) is 0 Å². The van der Waals surface area contributed by atoms with E-state index in [0.717, 1.165) is 13.0 Å². The minimum atomic E-state index is 0.869. The zero-order valence-electron chi connectivity index (χ0n) is 6.97. The molecule has 0 saturated carbocycles. The summed E-state index contributed by atoms with van der Waals surface area (Å²) in [5.41, 5.74) is 0. The second-order valence-electron chi connectivity index (χ2n) is 2.17. The lowest BCUT2D eigenvalue weighted by molar-refractivity contribution is 0.199. The molecular formula is C9H17O. The Morgan fingerprint density at radius 2 is 2.00 bits per heavy atom. The average Bonchev–Trinajstić information content (AvgIpc) is 1.97. The van der Waals surface area contributed by atoms with Crippen LogP contribution in [-0.2, 0) is 4.74 Å². The average molecular weight is 141 g/mol. The highest BCUT2D eigenvalue weighted by Crippen LogP contribution is 1.97. The van der Waals surface area contributed by atoms with Crippen molar-refractivity contribution in [1.29, 1.82) is 0 Å². The van der Waals surface area contributed by atoms with Crippen molar-refractivity contribution < 1.29 is 4.74 Å². The highest BCUT2D eigenvalue weighted by molar-refractivity contribution is 4.76. The van der Waals surface area contributed by atoms with Gasteiger partial charge in [0.2, 0.25) is 0 Å². The van der Waals surface area contributed by atoms with E-state index < -0.39 is 0 Å². The summed E-state index contributed by atoms with van der Waals surface area (Å²) in [6, 6.07) is 0. The van der Waals surface area contributed by atoms with Crippen molar-refractivity contribution in [2.45, 2.75) is 33.1 Å². The van der Waals surface area contributed by atoms with Gasteiger partial charge in [0.05, 0.1) is 6.61 Å². The fraction of sp³-hybridized carbons (Fsp3) is 0.667. The van der Waals surface area contributed by atoms with Crippen LogP contribution in [0, 0.1) is 6.61 Å². The van der Waals surface area contributed by atoms with Crippen LogP contribution in [0.25, 0.3) is 0 Å². The van der Waals surface area contributed by atoms with Crippen LogP contribution in [0.5, 0.6) is 0 Å². The smallest absolute Gasteiger partial charge is 0.0805 e. The summed E-state index contributed by atoms with van der Waals surface area (Å²) in [6.07, 6.45) is 7.86. The molecule has 0 bridgehead atoms. The molecule has 10 heavy (non-hydrogen) atoms. The van der Waals surface area contributed by atoms with Crippen LogP contribution in [0.2, 0.25) is 0 Å². The molecule has 59 valence electrons. The van der Waals surface area contributed by atoms with E-state index >= 15 is 0 Å². The predicted octanol–water partition coefficient (Wildman–Crippen LogP) is 2.93. The van der Waals surface area contributed by atoms with Crippen molar-refractivity contribution in [2.24, 2.45) is 0 Å². The van der Waals surface area contributed by atoms with Crippen LogP contribution in [0.1, 0.15) is 33.1 Å². The Kier molecular flexibility index (Phi) is 8.44. The summed E-state index contributed by atoms with van der Waals surface area (Å²) in [6.45, 7) is 6.58. The second kappa shape index (κ2) is 8.70. The summed E-state index contributed by atoms with van der Waals surface area (Å²) in [5.74, 6) is 0. The number of unbranched alkanes of at least 4 members (excludes halogenated alkanes) is 2. The van der Waals surface area contributed by atoms with Crippen molar-refractivity contribution >= 4 is 0 Å². The Bertz CT molecular complexity index is 76.8. The maximum atomic E-state index is 5.06. The number of allylic oxidation sites excluding steroid dienone is 2. The van der Waals surface area contributed by atoms with Crippen LogP contribution in [0.4, 0.5) is 0 Å². The van der Waals surface area contributed by atoms with Crippen molar-refractivity contribution in [3.8, 4) is 0 Å². The Morgan fingerprint density at radius 1 is 1.20 bits per heavy atom. The first-order valence-electron chi connectivity index (χ1n) is 3.92. The molecule has 0 fully saturated rings. The summed E-state index contributed by atoms with van der Waals surface area (Å²) < 4.78 is 5.06. The molecule has 0 heterocycles. The highest BCUT2D eigenvalue weighted by Gasteiger charge is 1.84. The van der Waals surface area contributed by atoms with E-state index in [2.05, 4.69) is 19.1 Å². The van der Waals surface area contributed by atoms with Gasteiger partial charge in [-0.2, -0.15) is 0 Å². The van der Waals surface area contributed by atoms with Crippen LogP contribution in [-0.4, -0.2) is 6.61 Å². The lowest BCUT2D eigenvalue weighted by Crippen LogP contribution is -1.88. The molecule has 0 rings (SSSR count). The Hall–Kier alpha value is -0.300. The molecule has 0 aromatic heterocycles. The maximum Gasteiger partial charge on any atom is 0.0805 e. The maximum absolute atomic E-state index is 5.06. The molecule has 0 atom stereocenters. The van der Waals surface area contributed by atoms with Crippen molar-refractivity contribution in [3.63, 3.8) is 0 Å². The number of hydrogen-bond acceptors (Lipinski definition) is 1. The third-order valence-electron chi connectivity index (χ3n) is 1.29. The van der Waals surface area contributed by atoms with Gasteiger partial charge < -0.3 is 4.74 Å². The molecule has 0 spiro atoms. The number of hydrogen-bond donors (Lipinski definition) is 0. The lowest BCUT2D eigenvalue weighted by atomic mass is 10.2. The molecule has 0 N–H and O–H groups in total. The molecule has 1 nitrogen and oxygen atoms in total. The largest absolute Gasteiger partial charge is 0.376 e. The lowest BCUT2D eigenvalue weighted by Gasteiger charge is -1.97. The van der Waals surface area contributed by atoms with Gasteiger partial charge in [-0.3, -0.25) is 0 Å². The van der Waals surface area contributed by atoms with Crippen molar-refractivity contribution in [3.05, 3.63) is 18.8 Å². The van der Waals surface area contributed by atoms with Gasteiger partial charge >= 0.3 is 0 Å². The van der Waals surface area contributed by atoms with E-state index in [9.17, 15) is 0 Å². The van der Waals surface area contributed by atoms with E-state index in [-0.39, 0.29) is 0 Å². The topological polar surface area (TPSA) is 9.23 Å². The minimum Gasteiger partial charge on any atom is -0.376 e. The van der Waals surface area contributed by atoms with Gasteiger partial charge in [0, 0.05) is 6.61 Å². The molecule has 0 amide bonds. The van der Waals surface area contributed by atoms with E-state index in [1.165, 1.54) is 12.8 Å². The predicted molar refractivity (Wildman–Crippen MR) is 44.6 cm³/mol. The Morgan fingerprint density at radius 3 is 2.60 bits per heavy atom. The summed E-state index contributed by atoms with van der Waals surface area (Å²) >= 11 is 0. The summed E-state index contributed by atoms with van der Waals surface area (Å²) in [7, 11) is 0. The molecule has 0 aliphatic heterocycles. The minimum absolute atomic E-state index is 0.869. The van der Waals surface area contributed by atoms with Gasteiger partial charge in [0.1, 0.15) is 0 Å². The van der Waals surface area contributed by atoms with Gasteiger partial charge in [0.25, 0.3) is 0 Å². The van der Waals surface area contributed by atoms with E-state index in [4.69, 9.17) is 4.74 Å². The molecular weight excluding hydrogens is 124 g/mol. The first-order chi connectivity index (χ1) is 4.91. The zero-order chi connectivity index (χ0) is 7.66. The molecule has 0 aliphatic rings. The third kappa shape index (κ3) is 7.70. The Labute approximate surface area is 64.1 Å². The normalized spacial score (nSPS) is 11.0. The highest BCUT2D eigenvalue weighted by atomic mass is 16.5. The third-order valence-corrected chi connectivity index (χ3v) is 1.29. The van der Waals surface area contributed by atoms with Crippen LogP contribution in [0.15, 0.2) is 12.2 Å². The second-order valence-corrected chi connectivity index (χ2v) is 2.17. The Balaban J connectivity index is 2.77. The van der Waals surface area contributed by atoms with Gasteiger partial charge in [0.15, 0.2) is 0 Å². The van der Waals surface area contributed by atoms with E-state index in [0.29, 0.717) is 0 Å². The fourth-order valence-electron chi connectivity index (χ4n) is 0.732. The van der Waals surface area contributed by atoms with E-state index in [1.807, 2.05) is 6.92 Å². The molecule has 1 heteroatoms. The molecule has 0 aromatic rings. The monoisotopic (exact) mass is 141 g/mol. The van der Waals surface area contributed by atoms with Crippen LogP contribution in [0.3, 0.4) is 0 Å². The molecule has 0 saturated heterocycles. The van der Waals surface area contributed by atoms with Gasteiger partial charge in [-0.1, -0.05) is 12.2 Å². The first kappa shape index (κ1) is 9.70.